The Morgan fingerprint density at radius 3 is 2.50 bits per heavy atom. The topological polar surface area (TPSA) is 43.4 Å². The average molecular weight is 246 g/mol. The molecule has 0 fully saturated rings. The first-order valence-electron chi connectivity index (χ1n) is 5.87. The third-order valence-electron chi connectivity index (χ3n) is 3.08. The molecule has 4 nitrogen and oxygen atoms in total. The van der Waals surface area contributed by atoms with Crippen molar-refractivity contribution in [3.8, 4) is 0 Å². The molecule has 1 heterocycles. The summed E-state index contributed by atoms with van der Waals surface area (Å²) in [4.78, 5) is 4.28. The highest BCUT2D eigenvalue weighted by atomic mass is 16.7. The van der Waals surface area contributed by atoms with Gasteiger partial charge < -0.3 is 14.8 Å². The second-order valence-electron chi connectivity index (χ2n) is 4.06. The molecule has 2 aromatic rings. The lowest BCUT2D eigenvalue weighted by Crippen LogP contribution is -2.32. The van der Waals surface area contributed by atoms with Crippen LogP contribution in [0.2, 0.25) is 0 Å². The molecule has 1 aromatic carbocycles. The second-order valence-corrected chi connectivity index (χ2v) is 4.06. The van der Waals surface area contributed by atoms with Crippen molar-refractivity contribution >= 4 is 10.8 Å². The van der Waals surface area contributed by atoms with Gasteiger partial charge in [-0.25, -0.2) is 0 Å². The summed E-state index contributed by atoms with van der Waals surface area (Å²) in [5.41, 5.74) is 1.07. The van der Waals surface area contributed by atoms with Crippen LogP contribution in [0.25, 0.3) is 10.8 Å². The number of aromatic nitrogens is 1. The average Bonchev–Trinajstić information content (AvgIpc) is 2.44. The zero-order chi connectivity index (χ0) is 13.0. The molecule has 1 aromatic heterocycles. The highest BCUT2D eigenvalue weighted by Crippen LogP contribution is 2.26. The van der Waals surface area contributed by atoms with Crippen LogP contribution in [-0.2, 0) is 9.47 Å². The molecular weight excluding hydrogens is 228 g/mol. The van der Waals surface area contributed by atoms with Gasteiger partial charge >= 0.3 is 0 Å². The molecule has 2 rings (SSSR count). The van der Waals surface area contributed by atoms with E-state index in [9.17, 15) is 0 Å². The molecule has 0 bridgehead atoms. The lowest BCUT2D eigenvalue weighted by Gasteiger charge is -2.25. The van der Waals surface area contributed by atoms with Gasteiger partial charge in [0.2, 0.25) is 0 Å². The van der Waals surface area contributed by atoms with Crippen molar-refractivity contribution in [3.63, 3.8) is 0 Å². The van der Waals surface area contributed by atoms with Gasteiger partial charge in [-0.15, -0.1) is 0 Å². The summed E-state index contributed by atoms with van der Waals surface area (Å²) >= 11 is 0. The van der Waals surface area contributed by atoms with Gasteiger partial charge in [0.1, 0.15) is 0 Å². The summed E-state index contributed by atoms with van der Waals surface area (Å²) in [6.07, 6.45) is 3.37. The molecule has 1 unspecified atom stereocenters. The molecular formula is C14H18N2O2. The first kappa shape index (κ1) is 13.0. The number of rotatable bonds is 5. The standard InChI is InChI=1S/C14H18N2O2/c1-15-13(14(17-2)18-3)12-9-16-8-10-6-4-5-7-11(10)12/h4-9,13-15H,1-3H3. The first-order valence-corrected chi connectivity index (χ1v) is 5.87. The Morgan fingerprint density at radius 1 is 1.11 bits per heavy atom. The minimum Gasteiger partial charge on any atom is -0.354 e. The number of nitrogens with one attached hydrogen (secondary N) is 1. The van der Waals surface area contributed by atoms with Crippen LogP contribution in [0, 0.1) is 0 Å². The number of nitrogens with zero attached hydrogens (tertiary/aromatic N) is 1. The molecule has 0 amide bonds. The summed E-state index contributed by atoms with van der Waals surface area (Å²) in [7, 11) is 5.16. The lowest BCUT2D eigenvalue weighted by atomic mass is 10.0. The van der Waals surface area contributed by atoms with Crippen LogP contribution >= 0.6 is 0 Å². The number of benzene rings is 1. The maximum absolute atomic E-state index is 5.34. The van der Waals surface area contributed by atoms with E-state index in [4.69, 9.17) is 9.47 Å². The first-order chi connectivity index (χ1) is 8.81. The van der Waals surface area contributed by atoms with Gasteiger partial charge in [0.25, 0.3) is 0 Å². The molecule has 96 valence electrons. The maximum Gasteiger partial charge on any atom is 0.176 e. The van der Waals surface area contributed by atoms with Gasteiger partial charge in [0.15, 0.2) is 6.29 Å². The Balaban J connectivity index is 2.51. The number of hydrogen-bond acceptors (Lipinski definition) is 4. The van der Waals surface area contributed by atoms with E-state index in [1.165, 1.54) is 0 Å². The highest BCUT2D eigenvalue weighted by molar-refractivity contribution is 5.85. The van der Waals surface area contributed by atoms with Gasteiger partial charge in [-0.05, 0) is 12.4 Å². The fraction of sp³-hybridized carbons (Fsp3) is 0.357. The van der Waals surface area contributed by atoms with Crippen molar-refractivity contribution in [3.05, 3.63) is 42.2 Å². The minimum absolute atomic E-state index is 0.0569. The monoisotopic (exact) mass is 246 g/mol. The lowest BCUT2D eigenvalue weighted by molar-refractivity contribution is -0.122. The number of ether oxygens (including phenoxy) is 2. The van der Waals surface area contributed by atoms with Crippen LogP contribution in [0.3, 0.4) is 0 Å². The maximum atomic E-state index is 5.34. The van der Waals surface area contributed by atoms with Gasteiger partial charge in [-0.3, -0.25) is 4.98 Å². The Kier molecular flexibility index (Phi) is 4.25. The molecule has 0 aliphatic carbocycles. The number of fused-ring (bicyclic) bond motifs is 1. The predicted molar refractivity (Wildman–Crippen MR) is 71.3 cm³/mol. The molecule has 0 saturated heterocycles. The molecule has 0 spiro atoms. The van der Waals surface area contributed by atoms with E-state index in [0.717, 1.165) is 16.3 Å². The minimum atomic E-state index is -0.345. The molecule has 18 heavy (non-hydrogen) atoms. The smallest absolute Gasteiger partial charge is 0.176 e. The zero-order valence-electron chi connectivity index (χ0n) is 10.9. The Labute approximate surface area is 107 Å². The summed E-state index contributed by atoms with van der Waals surface area (Å²) in [6.45, 7) is 0. The van der Waals surface area contributed by atoms with Crippen molar-refractivity contribution in [2.24, 2.45) is 0 Å². The number of methoxy groups -OCH3 is 2. The quantitative estimate of drug-likeness (QED) is 0.821. The summed E-state index contributed by atoms with van der Waals surface area (Å²) in [6, 6.07) is 8.10. The van der Waals surface area contributed by atoms with E-state index in [-0.39, 0.29) is 12.3 Å². The van der Waals surface area contributed by atoms with Crippen LogP contribution in [0.4, 0.5) is 0 Å². The fourth-order valence-electron chi connectivity index (χ4n) is 2.19. The van der Waals surface area contributed by atoms with Crippen LogP contribution in [0.15, 0.2) is 36.7 Å². The summed E-state index contributed by atoms with van der Waals surface area (Å²) in [5.74, 6) is 0. The third kappa shape index (κ3) is 2.36. The van der Waals surface area contributed by atoms with E-state index in [2.05, 4.69) is 16.4 Å². The van der Waals surface area contributed by atoms with E-state index < -0.39 is 0 Å². The number of likely N-dealkylation sites (N-methyl/N-ethyl adjacent to an activating group) is 1. The molecule has 1 atom stereocenters. The fourth-order valence-corrected chi connectivity index (χ4v) is 2.19. The number of hydrogen-bond donors (Lipinski definition) is 1. The van der Waals surface area contributed by atoms with Crippen molar-refractivity contribution in [2.45, 2.75) is 12.3 Å². The molecule has 0 aliphatic rings. The van der Waals surface area contributed by atoms with Gasteiger partial charge in [-0.2, -0.15) is 0 Å². The van der Waals surface area contributed by atoms with Gasteiger partial charge in [0.05, 0.1) is 6.04 Å². The summed E-state index contributed by atoms with van der Waals surface area (Å²) < 4.78 is 10.7. The Morgan fingerprint density at radius 2 is 1.83 bits per heavy atom. The Bertz CT molecular complexity index is 507. The largest absolute Gasteiger partial charge is 0.354 e. The van der Waals surface area contributed by atoms with Gasteiger partial charge in [-0.1, -0.05) is 24.3 Å². The van der Waals surface area contributed by atoms with Crippen molar-refractivity contribution in [1.82, 2.24) is 10.3 Å². The molecule has 0 radical (unpaired) electrons. The van der Waals surface area contributed by atoms with Crippen LogP contribution in [-0.4, -0.2) is 32.5 Å². The SMILES string of the molecule is CNC(c1cncc2ccccc12)C(OC)OC. The van der Waals surface area contributed by atoms with Crippen LogP contribution < -0.4 is 5.32 Å². The van der Waals surface area contributed by atoms with Crippen molar-refractivity contribution in [1.29, 1.82) is 0 Å². The third-order valence-corrected chi connectivity index (χ3v) is 3.08. The summed E-state index contributed by atoms with van der Waals surface area (Å²) in [5, 5.41) is 5.49. The van der Waals surface area contributed by atoms with Gasteiger partial charge in [0, 0.05) is 37.6 Å². The van der Waals surface area contributed by atoms with E-state index in [0.29, 0.717) is 0 Å². The number of pyridine rings is 1. The van der Waals surface area contributed by atoms with Crippen LogP contribution in [0.5, 0.6) is 0 Å². The normalized spacial score (nSPS) is 13.1. The molecule has 0 saturated carbocycles. The van der Waals surface area contributed by atoms with E-state index in [1.54, 1.807) is 14.2 Å². The molecule has 0 aliphatic heterocycles. The zero-order valence-corrected chi connectivity index (χ0v) is 10.9. The van der Waals surface area contributed by atoms with E-state index >= 15 is 0 Å². The van der Waals surface area contributed by atoms with Crippen molar-refractivity contribution in [2.75, 3.05) is 21.3 Å². The molecule has 4 heteroatoms. The van der Waals surface area contributed by atoms with Crippen molar-refractivity contribution < 1.29 is 9.47 Å². The van der Waals surface area contributed by atoms with E-state index in [1.807, 2.05) is 37.6 Å². The Hall–Kier alpha value is -1.49. The van der Waals surface area contributed by atoms with Crippen LogP contribution in [0.1, 0.15) is 11.6 Å². The molecule has 1 N–H and O–H groups in total. The highest BCUT2D eigenvalue weighted by Gasteiger charge is 2.23. The second kappa shape index (κ2) is 5.91. The predicted octanol–water partition coefficient (Wildman–Crippen LogP) is 2.11.